The summed E-state index contributed by atoms with van der Waals surface area (Å²) in [6.07, 6.45) is -0.892. The van der Waals surface area contributed by atoms with E-state index >= 15 is 0 Å². The first-order valence-electron chi connectivity index (χ1n) is 13.8. The number of carbonyl (C=O) groups excluding carboxylic acids is 1. The van der Waals surface area contributed by atoms with Gasteiger partial charge in [-0.3, -0.25) is 0 Å². The van der Waals surface area contributed by atoms with Crippen LogP contribution in [-0.4, -0.2) is 77.8 Å². The summed E-state index contributed by atoms with van der Waals surface area (Å²) in [5.74, 6) is -1.38. The van der Waals surface area contributed by atoms with E-state index in [0.717, 1.165) is 22.8 Å². The van der Waals surface area contributed by atoms with Crippen LogP contribution in [0, 0.1) is 13.8 Å². The number of piperazine rings is 1. The van der Waals surface area contributed by atoms with Gasteiger partial charge in [-0.15, -0.1) is 0 Å². The van der Waals surface area contributed by atoms with Crippen LogP contribution in [0.5, 0.6) is 5.88 Å². The summed E-state index contributed by atoms with van der Waals surface area (Å²) >= 11 is 0. The number of carbonyl (C=O) groups is 2. The van der Waals surface area contributed by atoms with Gasteiger partial charge in [-0.1, -0.05) is 24.3 Å². The Kier molecular flexibility index (Phi) is 9.26. The fourth-order valence-corrected chi connectivity index (χ4v) is 5.70. The number of rotatable bonds is 8. The van der Waals surface area contributed by atoms with Crippen molar-refractivity contribution in [2.75, 3.05) is 24.4 Å². The fraction of sp³-hybridized carbons (Fsp3) is 0.400. The molecule has 2 aromatic carbocycles. The minimum atomic E-state index is -4.25. The van der Waals surface area contributed by atoms with E-state index in [-0.39, 0.29) is 28.3 Å². The molecule has 4 rings (SSSR count). The first-order chi connectivity index (χ1) is 20.1. The van der Waals surface area contributed by atoms with Crippen molar-refractivity contribution in [2.45, 2.75) is 64.2 Å². The second-order valence-corrected chi connectivity index (χ2v) is 13.1. The smallest absolute Gasteiger partial charge is 0.410 e. The summed E-state index contributed by atoms with van der Waals surface area (Å²) in [6.45, 7) is 12.5. The molecule has 230 valence electrons. The molecule has 13 heteroatoms. The minimum absolute atomic E-state index is 0.119. The van der Waals surface area contributed by atoms with Crippen LogP contribution in [0.15, 0.2) is 53.4 Å². The number of hydrogen-bond donors (Lipinski definition) is 3. The molecule has 0 aliphatic carbocycles. The molecule has 1 aliphatic rings. The van der Waals surface area contributed by atoms with Crippen molar-refractivity contribution in [1.29, 1.82) is 0 Å². The number of benzene rings is 2. The van der Waals surface area contributed by atoms with Crippen molar-refractivity contribution in [3.8, 4) is 17.1 Å². The summed E-state index contributed by atoms with van der Waals surface area (Å²) in [7, 11) is -4.25. The zero-order valence-corrected chi connectivity index (χ0v) is 25.9. The average Bonchev–Trinajstić information content (AvgIpc) is 2.92. The lowest BCUT2D eigenvalue weighted by molar-refractivity contribution is 0.0140. The molecule has 2 atom stereocenters. The number of nitrogens with zero attached hydrogens (tertiary/aromatic N) is 3. The van der Waals surface area contributed by atoms with Crippen LogP contribution in [0.4, 0.5) is 10.7 Å². The Morgan fingerprint density at radius 3 is 2.42 bits per heavy atom. The number of anilines is 1. The van der Waals surface area contributed by atoms with E-state index < -0.39 is 33.8 Å². The van der Waals surface area contributed by atoms with E-state index in [1.807, 2.05) is 59.7 Å². The highest BCUT2D eigenvalue weighted by Crippen LogP contribution is 2.30. The molecule has 1 fully saturated rings. The van der Waals surface area contributed by atoms with Gasteiger partial charge in [-0.05, 0) is 70.9 Å². The standard InChI is InChI=1S/C30H37N5O7S/c1-18-9-7-10-19(2)26(18)23-16-25(41-20(3)24-17-35(14-13-31-24)29(38)42-30(4,5)6)33-28(32-23)34-43(39,40)22-12-8-11-21(15-22)27(36)37/h7-12,15-16,20,24,31H,13-14,17H2,1-6H3,(H,36,37)(H,32,33,34). The Balaban J connectivity index is 1.65. The monoisotopic (exact) mass is 611 g/mol. The Hall–Kier alpha value is -4.23. The van der Waals surface area contributed by atoms with Crippen molar-refractivity contribution in [3.63, 3.8) is 0 Å². The maximum absolute atomic E-state index is 13.3. The summed E-state index contributed by atoms with van der Waals surface area (Å²) < 4.78 is 40.6. The first-order valence-corrected chi connectivity index (χ1v) is 15.3. The molecule has 3 N–H and O–H groups in total. The molecule has 12 nitrogen and oxygen atoms in total. The molecule has 1 amide bonds. The molecule has 0 bridgehead atoms. The van der Waals surface area contributed by atoms with Crippen molar-refractivity contribution >= 4 is 28.0 Å². The molecule has 0 radical (unpaired) electrons. The Morgan fingerprint density at radius 1 is 1.09 bits per heavy atom. The molecular formula is C30H37N5O7S. The quantitative estimate of drug-likeness (QED) is 0.336. The zero-order chi connectivity index (χ0) is 31.5. The number of amides is 1. The zero-order valence-electron chi connectivity index (χ0n) is 25.0. The number of aromatic carboxylic acids is 1. The third-order valence-corrected chi connectivity index (χ3v) is 8.11. The third-order valence-electron chi connectivity index (χ3n) is 6.79. The van der Waals surface area contributed by atoms with E-state index in [4.69, 9.17) is 9.47 Å². The van der Waals surface area contributed by atoms with E-state index in [0.29, 0.717) is 25.3 Å². The summed E-state index contributed by atoms with van der Waals surface area (Å²) in [6, 6.07) is 12.1. The molecule has 3 aromatic rings. The van der Waals surface area contributed by atoms with Gasteiger partial charge in [0.2, 0.25) is 11.8 Å². The molecule has 0 spiro atoms. The molecule has 0 saturated carbocycles. The highest BCUT2D eigenvalue weighted by Gasteiger charge is 2.31. The van der Waals surface area contributed by atoms with Gasteiger partial charge in [-0.25, -0.2) is 27.7 Å². The highest BCUT2D eigenvalue weighted by molar-refractivity contribution is 7.92. The van der Waals surface area contributed by atoms with Crippen LogP contribution in [0.1, 0.15) is 49.2 Å². The lowest BCUT2D eigenvalue weighted by atomic mass is 10.00. The van der Waals surface area contributed by atoms with E-state index in [9.17, 15) is 23.1 Å². The van der Waals surface area contributed by atoms with Crippen LogP contribution >= 0.6 is 0 Å². The molecule has 1 aliphatic heterocycles. The van der Waals surface area contributed by atoms with Crippen LogP contribution < -0.4 is 14.8 Å². The Morgan fingerprint density at radius 2 is 1.77 bits per heavy atom. The maximum Gasteiger partial charge on any atom is 0.410 e. The molecular weight excluding hydrogens is 574 g/mol. The second-order valence-electron chi connectivity index (χ2n) is 11.4. The van der Waals surface area contributed by atoms with Gasteiger partial charge in [0, 0.05) is 31.3 Å². The lowest BCUT2D eigenvalue weighted by Gasteiger charge is -2.37. The lowest BCUT2D eigenvalue weighted by Crippen LogP contribution is -2.58. The average molecular weight is 612 g/mol. The van der Waals surface area contributed by atoms with Crippen molar-refractivity contribution in [2.24, 2.45) is 0 Å². The van der Waals surface area contributed by atoms with Crippen molar-refractivity contribution in [1.82, 2.24) is 20.2 Å². The first kappa shape index (κ1) is 31.7. The van der Waals surface area contributed by atoms with E-state index in [1.54, 1.807) is 11.0 Å². The van der Waals surface area contributed by atoms with E-state index in [2.05, 4.69) is 20.0 Å². The fourth-order valence-electron chi connectivity index (χ4n) is 4.71. The van der Waals surface area contributed by atoms with Crippen LogP contribution in [0.25, 0.3) is 11.3 Å². The Bertz CT molecular complexity index is 1600. The maximum atomic E-state index is 13.3. The van der Waals surface area contributed by atoms with Gasteiger partial charge in [0.1, 0.15) is 11.7 Å². The highest BCUT2D eigenvalue weighted by atomic mass is 32.2. The Labute approximate surface area is 251 Å². The van der Waals surface area contributed by atoms with Crippen molar-refractivity contribution in [3.05, 3.63) is 65.2 Å². The largest absolute Gasteiger partial charge is 0.478 e. The number of hydrogen-bond acceptors (Lipinski definition) is 9. The SMILES string of the molecule is Cc1cccc(C)c1-c1cc(OC(C)C2CN(C(=O)OC(C)(C)C)CCN2)nc(NS(=O)(=O)c2cccc(C(=O)O)c2)n1. The van der Waals surface area contributed by atoms with Crippen molar-refractivity contribution < 1.29 is 32.6 Å². The number of aromatic nitrogens is 2. The summed E-state index contributed by atoms with van der Waals surface area (Å²) in [5, 5.41) is 12.7. The number of ether oxygens (including phenoxy) is 2. The predicted octanol–water partition coefficient (Wildman–Crippen LogP) is 4.24. The van der Waals surface area contributed by atoms with Crippen LogP contribution in [-0.2, 0) is 14.8 Å². The topological polar surface area (TPSA) is 160 Å². The van der Waals surface area contributed by atoms with Crippen LogP contribution in [0.3, 0.4) is 0 Å². The summed E-state index contributed by atoms with van der Waals surface area (Å²) in [5.41, 5.74) is 2.28. The molecule has 1 saturated heterocycles. The third kappa shape index (κ3) is 7.99. The normalized spacial score (nSPS) is 16.3. The number of aryl methyl sites for hydroxylation is 2. The number of carboxylic acid groups (broad SMARTS) is 1. The molecule has 2 heterocycles. The van der Waals surface area contributed by atoms with Gasteiger partial charge >= 0.3 is 12.1 Å². The van der Waals surface area contributed by atoms with Crippen LogP contribution in [0.2, 0.25) is 0 Å². The van der Waals surface area contributed by atoms with Gasteiger partial charge < -0.3 is 24.8 Å². The number of nitrogens with one attached hydrogen (secondary N) is 2. The van der Waals surface area contributed by atoms with E-state index in [1.165, 1.54) is 18.2 Å². The molecule has 2 unspecified atom stereocenters. The number of sulfonamides is 1. The minimum Gasteiger partial charge on any atom is -0.478 e. The summed E-state index contributed by atoms with van der Waals surface area (Å²) in [4.78, 5) is 34.3. The van der Waals surface area contributed by atoms with Gasteiger partial charge in [0.25, 0.3) is 10.0 Å². The van der Waals surface area contributed by atoms with Gasteiger partial charge in [-0.2, -0.15) is 4.98 Å². The second kappa shape index (κ2) is 12.6. The molecule has 1 aromatic heterocycles. The van der Waals surface area contributed by atoms with Gasteiger partial charge in [0.05, 0.1) is 22.2 Å². The molecule has 43 heavy (non-hydrogen) atoms. The number of carboxylic acids is 1. The van der Waals surface area contributed by atoms with Gasteiger partial charge in [0.15, 0.2) is 0 Å². The predicted molar refractivity (Wildman–Crippen MR) is 161 cm³/mol.